The number of methoxy groups -OCH3 is 1. The van der Waals surface area contributed by atoms with Crippen LogP contribution in [0.4, 0.5) is 0 Å². The van der Waals surface area contributed by atoms with E-state index in [1.807, 2.05) is 0 Å². The number of carbonyl (C=O) groups is 1. The van der Waals surface area contributed by atoms with Crippen molar-refractivity contribution in [2.75, 3.05) is 7.11 Å². The first-order chi connectivity index (χ1) is 6.15. The molecule has 1 aliphatic carbocycles. The van der Waals surface area contributed by atoms with Crippen LogP contribution in [-0.4, -0.2) is 13.1 Å². The van der Waals surface area contributed by atoms with Crippen molar-refractivity contribution in [3.63, 3.8) is 0 Å². The smallest absolute Gasteiger partial charge is 0.308 e. The molecule has 2 heteroatoms. The quantitative estimate of drug-likeness (QED) is 0.617. The summed E-state index contributed by atoms with van der Waals surface area (Å²) in [6, 6.07) is 0. The zero-order valence-electron chi connectivity index (χ0n) is 8.88. The van der Waals surface area contributed by atoms with Crippen molar-refractivity contribution in [1.29, 1.82) is 0 Å². The van der Waals surface area contributed by atoms with Gasteiger partial charge in [0.1, 0.15) is 0 Å². The van der Waals surface area contributed by atoms with Gasteiger partial charge in [-0.25, -0.2) is 0 Å². The van der Waals surface area contributed by atoms with Crippen molar-refractivity contribution in [3.8, 4) is 0 Å². The Morgan fingerprint density at radius 2 is 1.77 bits per heavy atom. The highest BCUT2D eigenvalue weighted by Crippen LogP contribution is 2.33. The van der Waals surface area contributed by atoms with Crippen molar-refractivity contribution in [1.82, 2.24) is 0 Å². The Hall–Kier alpha value is -0.530. The van der Waals surface area contributed by atoms with Gasteiger partial charge in [0.25, 0.3) is 0 Å². The number of esters is 1. The van der Waals surface area contributed by atoms with E-state index in [1.54, 1.807) is 0 Å². The van der Waals surface area contributed by atoms with Crippen LogP contribution in [0.5, 0.6) is 0 Å². The van der Waals surface area contributed by atoms with Gasteiger partial charge in [0.2, 0.25) is 0 Å². The second-order valence-electron chi connectivity index (χ2n) is 4.38. The summed E-state index contributed by atoms with van der Waals surface area (Å²) >= 11 is 0. The van der Waals surface area contributed by atoms with Crippen molar-refractivity contribution >= 4 is 5.97 Å². The van der Waals surface area contributed by atoms with Crippen LogP contribution in [-0.2, 0) is 9.53 Å². The molecular weight excluding hydrogens is 164 g/mol. The summed E-state index contributed by atoms with van der Waals surface area (Å²) in [4.78, 5) is 11.2. The van der Waals surface area contributed by atoms with E-state index >= 15 is 0 Å². The minimum absolute atomic E-state index is 0.0118. The molecule has 1 rings (SSSR count). The summed E-state index contributed by atoms with van der Waals surface area (Å²) in [5.74, 6) is 1.75. The van der Waals surface area contributed by atoms with Gasteiger partial charge in [-0.05, 0) is 37.5 Å². The largest absolute Gasteiger partial charge is 0.469 e. The first-order valence-electron chi connectivity index (χ1n) is 5.23. The molecule has 1 aliphatic rings. The van der Waals surface area contributed by atoms with E-state index in [1.165, 1.54) is 20.0 Å². The highest BCUT2D eigenvalue weighted by Gasteiger charge is 2.27. The Kier molecular flexibility index (Phi) is 3.76. The lowest BCUT2D eigenvalue weighted by Gasteiger charge is -2.29. The minimum atomic E-state index is -0.0118. The van der Waals surface area contributed by atoms with Crippen LogP contribution in [0.2, 0.25) is 0 Å². The van der Waals surface area contributed by atoms with E-state index < -0.39 is 0 Å². The van der Waals surface area contributed by atoms with Crippen LogP contribution in [0.15, 0.2) is 0 Å². The molecule has 0 aromatic carbocycles. The number of carbonyl (C=O) groups excluding carboxylic acids is 1. The molecule has 0 saturated heterocycles. The van der Waals surface area contributed by atoms with Crippen molar-refractivity contribution in [2.45, 2.75) is 39.5 Å². The third kappa shape index (κ3) is 2.71. The molecule has 0 aromatic rings. The predicted molar refractivity (Wildman–Crippen MR) is 52.3 cm³/mol. The molecule has 0 N–H and O–H groups in total. The van der Waals surface area contributed by atoms with Gasteiger partial charge in [-0.3, -0.25) is 4.79 Å². The SMILES string of the molecule is COC(=O)[C@H]1CC[C@H](C(C)C)CC1. The molecule has 0 aliphatic heterocycles. The van der Waals surface area contributed by atoms with Crippen LogP contribution in [0, 0.1) is 17.8 Å². The maximum atomic E-state index is 11.2. The number of ether oxygens (including phenoxy) is 1. The first kappa shape index (κ1) is 10.6. The molecule has 2 nitrogen and oxygen atoms in total. The lowest BCUT2D eigenvalue weighted by atomic mass is 9.77. The number of hydrogen-bond acceptors (Lipinski definition) is 2. The maximum absolute atomic E-state index is 11.2. The fourth-order valence-electron chi connectivity index (χ4n) is 2.19. The Bertz CT molecular complexity index is 167. The number of hydrogen-bond donors (Lipinski definition) is 0. The van der Waals surface area contributed by atoms with Gasteiger partial charge >= 0.3 is 5.97 Å². The molecule has 0 unspecified atom stereocenters. The minimum Gasteiger partial charge on any atom is -0.469 e. The van der Waals surface area contributed by atoms with Gasteiger partial charge < -0.3 is 4.74 Å². The van der Waals surface area contributed by atoms with Gasteiger partial charge in [0.05, 0.1) is 13.0 Å². The maximum Gasteiger partial charge on any atom is 0.308 e. The highest BCUT2D eigenvalue weighted by atomic mass is 16.5. The van der Waals surface area contributed by atoms with E-state index in [-0.39, 0.29) is 11.9 Å². The monoisotopic (exact) mass is 184 g/mol. The van der Waals surface area contributed by atoms with E-state index in [0.29, 0.717) is 0 Å². The zero-order valence-corrected chi connectivity index (χ0v) is 8.88. The molecule has 1 saturated carbocycles. The van der Waals surface area contributed by atoms with Crippen LogP contribution in [0.1, 0.15) is 39.5 Å². The molecule has 0 radical (unpaired) electrons. The predicted octanol–water partition coefficient (Wildman–Crippen LogP) is 2.62. The Labute approximate surface area is 80.7 Å². The average molecular weight is 184 g/mol. The summed E-state index contributed by atoms with van der Waals surface area (Å²) in [5.41, 5.74) is 0. The molecule has 0 atom stereocenters. The third-order valence-electron chi connectivity index (χ3n) is 3.25. The standard InChI is InChI=1S/C11H20O2/c1-8(2)9-4-6-10(7-5-9)11(12)13-3/h8-10H,4-7H2,1-3H3/t9-,10-. The third-order valence-corrected chi connectivity index (χ3v) is 3.25. The number of rotatable bonds is 2. The normalized spacial score (nSPS) is 28.9. The second-order valence-corrected chi connectivity index (χ2v) is 4.38. The van der Waals surface area contributed by atoms with Crippen molar-refractivity contribution < 1.29 is 9.53 Å². The first-order valence-corrected chi connectivity index (χ1v) is 5.23. The Balaban J connectivity index is 2.34. The molecule has 0 aromatic heterocycles. The van der Waals surface area contributed by atoms with Crippen LogP contribution in [0.25, 0.3) is 0 Å². The average Bonchev–Trinajstić information content (AvgIpc) is 2.17. The lowest BCUT2D eigenvalue weighted by Crippen LogP contribution is -2.24. The molecule has 1 fully saturated rings. The van der Waals surface area contributed by atoms with Gasteiger partial charge in [-0.2, -0.15) is 0 Å². The molecule has 0 spiro atoms. The van der Waals surface area contributed by atoms with Crippen LogP contribution < -0.4 is 0 Å². The van der Waals surface area contributed by atoms with Gasteiger partial charge in [0, 0.05) is 0 Å². The molecule has 0 bridgehead atoms. The molecule has 0 heterocycles. The van der Waals surface area contributed by atoms with Gasteiger partial charge in [-0.1, -0.05) is 13.8 Å². The fraction of sp³-hybridized carbons (Fsp3) is 0.909. The molecule has 76 valence electrons. The van der Waals surface area contributed by atoms with Gasteiger partial charge in [0.15, 0.2) is 0 Å². The summed E-state index contributed by atoms with van der Waals surface area (Å²) in [7, 11) is 1.48. The Morgan fingerprint density at radius 3 is 2.15 bits per heavy atom. The van der Waals surface area contributed by atoms with Crippen LogP contribution >= 0.6 is 0 Å². The van der Waals surface area contributed by atoms with E-state index in [9.17, 15) is 4.79 Å². The van der Waals surface area contributed by atoms with Crippen molar-refractivity contribution in [3.05, 3.63) is 0 Å². The second kappa shape index (κ2) is 4.64. The fourth-order valence-corrected chi connectivity index (χ4v) is 2.19. The lowest BCUT2D eigenvalue weighted by molar-refractivity contribution is -0.146. The molecular formula is C11H20O2. The topological polar surface area (TPSA) is 26.3 Å². The van der Waals surface area contributed by atoms with E-state index in [4.69, 9.17) is 4.74 Å². The Morgan fingerprint density at radius 1 is 1.23 bits per heavy atom. The van der Waals surface area contributed by atoms with Crippen molar-refractivity contribution in [2.24, 2.45) is 17.8 Å². The van der Waals surface area contributed by atoms with Gasteiger partial charge in [-0.15, -0.1) is 0 Å². The van der Waals surface area contributed by atoms with E-state index in [2.05, 4.69) is 13.8 Å². The summed E-state index contributed by atoms with van der Waals surface area (Å²) in [6.07, 6.45) is 4.43. The summed E-state index contributed by atoms with van der Waals surface area (Å²) in [5, 5.41) is 0. The molecule has 0 amide bonds. The zero-order chi connectivity index (χ0) is 9.84. The summed E-state index contributed by atoms with van der Waals surface area (Å²) < 4.78 is 4.75. The van der Waals surface area contributed by atoms with Crippen LogP contribution in [0.3, 0.4) is 0 Å². The highest BCUT2D eigenvalue weighted by molar-refractivity contribution is 5.72. The molecule has 13 heavy (non-hydrogen) atoms. The summed E-state index contributed by atoms with van der Waals surface area (Å²) in [6.45, 7) is 4.53. The van der Waals surface area contributed by atoms with E-state index in [0.717, 1.165) is 24.7 Å².